The lowest BCUT2D eigenvalue weighted by atomic mass is 10.0. The van der Waals surface area contributed by atoms with Crippen molar-refractivity contribution in [1.82, 2.24) is 10.3 Å². The average Bonchev–Trinajstić information content (AvgIpc) is 2.82. The van der Waals surface area contributed by atoms with Crippen molar-refractivity contribution in [3.8, 4) is 0 Å². The summed E-state index contributed by atoms with van der Waals surface area (Å²) < 4.78 is 5.23. The van der Waals surface area contributed by atoms with Gasteiger partial charge in [0.15, 0.2) is 0 Å². The van der Waals surface area contributed by atoms with Gasteiger partial charge in [0.05, 0.1) is 0 Å². The molecule has 0 aliphatic heterocycles. The first-order chi connectivity index (χ1) is 15.9. The summed E-state index contributed by atoms with van der Waals surface area (Å²) in [5, 5.41) is 8.19. The van der Waals surface area contributed by atoms with Gasteiger partial charge in [0.2, 0.25) is 5.91 Å². The van der Waals surface area contributed by atoms with E-state index in [-0.39, 0.29) is 24.3 Å². The summed E-state index contributed by atoms with van der Waals surface area (Å²) in [7, 11) is 0. The molecule has 0 bridgehead atoms. The van der Waals surface area contributed by atoms with Crippen molar-refractivity contribution in [2.45, 2.75) is 26.5 Å². The molecular weight excluding hydrogens is 420 g/mol. The molecule has 3 aromatic rings. The molecule has 3 amide bonds. The number of aromatic nitrogens is 1. The van der Waals surface area contributed by atoms with Crippen molar-refractivity contribution >= 4 is 29.3 Å². The molecule has 33 heavy (non-hydrogen) atoms. The molecule has 1 atom stereocenters. The van der Waals surface area contributed by atoms with Crippen LogP contribution in [0, 0.1) is 5.92 Å². The SMILES string of the molecule is CC(C)[C@H](NC(=O)OCc1ccccc1)C(=O)Nc1cccc(NC(=O)c2ccncc2)c1. The summed E-state index contributed by atoms with van der Waals surface area (Å²) in [6, 6.07) is 18.5. The molecule has 0 fully saturated rings. The fourth-order valence-electron chi connectivity index (χ4n) is 3.03. The highest BCUT2D eigenvalue weighted by molar-refractivity contribution is 6.04. The van der Waals surface area contributed by atoms with Crippen LogP contribution in [0.4, 0.5) is 16.2 Å². The van der Waals surface area contributed by atoms with Crippen molar-refractivity contribution in [1.29, 1.82) is 0 Å². The van der Waals surface area contributed by atoms with Gasteiger partial charge in [-0.2, -0.15) is 0 Å². The zero-order chi connectivity index (χ0) is 23.6. The van der Waals surface area contributed by atoms with E-state index in [4.69, 9.17) is 4.74 Å². The predicted octanol–water partition coefficient (Wildman–Crippen LogP) is 4.22. The van der Waals surface area contributed by atoms with Crippen LogP contribution in [0.3, 0.4) is 0 Å². The van der Waals surface area contributed by atoms with Crippen LogP contribution in [-0.2, 0) is 16.1 Å². The van der Waals surface area contributed by atoms with Gasteiger partial charge in [-0.05, 0) is 41.8 Å². The van der Waals surface area contributed by atoms with E-state index in [1.807, 2.05) is 44.2 Å². The molecule has 0 saturated heterocycles. The topological polar surface area (TPSA) is 109 Å². The largest absolute Gasteiger partial charge is 0.445 e. The molecule has 0 saturated carbocycles. The monoisotopic (exact) mass is 446 g/mol. The smallest absolute Gasteiger partial charge is 0.408 e. The minimum Gasteiger partial charge on any atom is -0.445 e. The Bertz CT molecular complexity index is 1090. The maximum Gasteiger partial charge on any atom is 0.408 e. The highest BCUT2D eigenvalue weighted by atomic mass is 16.5. The first kappa shape index (κ1) is 23.5. The summed E-state index contributed by atoms with van der Waals surface area (Å²) in [6.45, 7) is 3.76. The molecule has 0 aliphatic rings. The fraction of sp³-hybridized carbons (Fsp3) is 0.200. The average molecular weight is 447 g/mol. The van der Waals surface area contributed by atoms with Gasteiger partial charge in [-0.3, -0.25) is 14.6 Å². The first-order valence-corrected chi connectivity index (χ1v) is 10.5. The molecule has 3 N–H and O–H groups in total. The van der Waals surface area contributed by atoms with Crippen LogP contribution in [-0.4, -0.2) is 28.9 Å². The Morgan fingerprint density at radius 3 is 2.21 bits per heavy atom. The number of pyridine rings is 1. The van der Waals surface area contributed by atoms with E-state index in [2.05, 4.69) is 20.9 Å². The number of amides is 3. The van der Waals surface area contributed by atoms with Crippen LogP contribution in [0.15, 0.2) is 79.1 Å². The summed E-state index contributed by atoms with van der Waals surface area (Å²) in [5.74, 6) is -0.855. The van der Waals surface area contributed by atoms with Gasteiger partial charge in [-0.15, -0.1) is 0 Å². The van der Waals surface area contributed by atoms with Gasteiger partial charge in [0, 0.05) is 29.3 Å². The third kappa shape index (κ3) is 7.17. The third-order valence-corrected chi connectivity index (χ3v) is 4.77. The van der Waals surface area contributed by atoms with Crippen molar-refractivity contribution < 1.29 is 19.1 Å². The van der Waals surface area contributed by atoms with E-state index in [9.17, 15) is 14.4 Å². The second kappa shape index (κ2) is 11.4. The van der Waals surface area contributed by atoms with Crippen molar-refractivity contribution in [2.24, 2.45) is 5.92 Å². The quantitative estimate of drug-likeness (QED) is 0.480. The summed E-state index contributed by atoms with van der Waals surface area (Å²) >= 11 is 0. The van der Waals surface area contributed by atoms with E-state index in [1.54, 1.807) is 36.4 Å². The van der Waals surface area contributed by atoms with E-state index in [0.29, 0.717) is 16.9 Å². The maximum atomic E-state index is 12.8. The van der Waals surface area contributed by atoms with Crippen molar-refractivity contribution in [2.75, 3.05) is 10.6 Å². The second-order valence-electron chi connectivity index (χ2n) is 7.69. The van der Waals surface area contributed by atoms with Gasteiger partial charge in [-0.1, -0.05) is 50.2 Å². The molecule has 0 radical (unpaired) electrons. The summed E-state index contributed by atoms with van der Waals surface area (Å²) in [6.07, 6.45) is 2.40. The predicted molar refractivity (Wildman–Crippen MR) is 126 cm³/mol. The number of alkyl carbamates (subject to hydrolysis) is 1. The van der Waals surface area contributed by atoms with Gasteiger partial charge < -0.3 is 20.7 Å². The molecular formula is C25H26N4O4. The minimum absolute atomic E-state index is 0.109. The molecule has 0 aliphatic carbocycles. The van der Waals surface area contributed by atoms with Crippen LogP contribution in [0.25, 0.3) is 0 Å². The fourth-order valence-corrected chi connectivity index (χ4v) is 3.03. The van der Waals surface area contributed by atoms with Crippen LogP contribution in [0.5, 0.6) is 0 Å². The molecule has 1 aromatic heterocycles. The highest BCUT2D eigenvalue weighted by Gasteiger charge is 2.25. The molecule has 3 rings (SSSR count). The van der Waals surface area contributed by atoms with Gasteiger partial charge in [-0.25, -0.2) is 4.79 Å². The molecule has 8 heteroatoms. The lowest BCUT2D eigenvalue weighted by molar-refractivity contribution is -0.119. The number of rotatable bonds is 8. The van der Waals surface area contributed by atoms with Gasteiger partial charge in [0.25, 0.3) is 5.91 Å². The number of carbonyl (C=O) groups excluding carboxylic acids is 3. The number of nitrogens with zero attached hydrogens (tertiary/aromatic N) is 1. The maximum absolute atomic E-state index is 12.8. The van der Waals surface area contributed by atoms with Crippen LogP contribution >= 0.6 is 0 Å². The Balaban J connectivity index is 1.58. The lowest BCUT2D eigenvalue weighted by Gasteiger charge is -2.21. The number of nitrogens with one attached hydrogen (secondary N) is 3. The molecule has 0 spiro atoms. The Hall–Kier alpha value is -4.20. The summed E-state index contributed by atoms with van der Waals surface area (Å²) in [4.78, 5) is 41.3. The molecule has 8 nitrogen and oxygen atoms in total. The van der Waals surface area contributed by atoms with Gasteiger partial charge >= 0.3 is 6.09 Å². The van der Waals surface area contributed by atoms with Crippen LogP contribution in [0.1, 0.15) is 29.8 Å². The van der Waals surface area contributed by atoms with Crippen LogP contribution < -0.4 is 16.0 Å². The molecule has 170 valence electrons. The van der Waals surface area contributed by atoms with E-state index >= 15 is 0 Å². The van der Waals surface area contributed by atoms with Crippen molar-refractivity contribution in [3.63, 3.8) is 0 Å². The zero-order valence-electron chi connectivity index (χ0n) is 18.4. The molecule has 2 aromatic carbocycles. The van der Waals surface area contributed by atoms with Crippen LogP contribution in [0.2, 0.25) is 0 Å². The Labute approximate surface area is 192 Å². The third-order valence-electron chi connectivity index (χ3n) is 4.77. The highest BCUT2D eigenvalue weighted by Crippen LogP contribution is 2.17. The minimum atomic E-state index is -0.802. The lowest BCUT2D eigenvalue weighted by Crippen LogP contribution is -2.47. The number of carbonyl (C=O) groups is 3. The second-order valence-corrected chi connectivity index (χ2v) is 7.69. The molecule has 0 unspecified atom stereocenters. The normalized spacial score (nSPS) is 11.4. The number of ether oxygens (including phenoxy) is 1. The standard InChI is InChI=1S/C25H26N4O4/c1-17(2)22(29-25(32)33-16-18-7-4-3-5-8-18)24(31)28-21-10-6-9-20(15-21)27-23(30)19-11-13-26-14-12-19/h3-15,17,22H,16H2,1-2H3,(H,27,30)(H,28,31)(H,29,32)/t22-/m0/s1. The summed E-state index contributed by atoms with van der Waals surface area (Å²) in [5.41, 5.74) is 2.32. The van der Waals surface area contributed by atoms with E-state index in [1.165, 1.54) is 12.4 Å². The van der Waals surface area contributed by atoms with Gasteiger partial charge in [0.1, 0.15) is 12.6 Å². The number of benzene rings is 2. The van der Waals surface area contributed by atoms with E-state index < -0.39 is 12.1 Å². The Morgan fingerprint density at radius 2 is 1.55 bits per heavy atom. The van der Waals surface area contributed by atoms with E-state index in [0.717, 1.165) is 5.56 Å². The molecule has 1 heterocycles. The number of anilines is 2. The number of hydrogen-bond acceptors (Lipinski definition) is 5. The van der Waals surface area contributed by atoms with Crippen molar-refractivity contribution in [3.05, 3.63) is 90.3 Å². The first-order valence-electron chi connectivity index (χ1n) is 10.5. The number of hydrogen-bond donors (Lipinski definition) is 3. The zero-order valence-corrected chi connectivity index (χ0v) is 18.4. The Kier molecular flexibility index (Phi) is 8.13. The Morgan fingerprint density at radius 1 is 0.879 bits per heavy atom.